The van der Waals surface area contributed by atoms with E-state index in [1.165, 1.54) is 16.2 Å². The van der Waals surface area contributed by atoms with Crippen LogP contribution in [0.25, 0.3) is 0 Å². The van der Waals surface area contributed by atoms with Crippen LogP contribution in [0.15, 0.2) is 52.3 Å². The minimum absolute atomic E-state index is 0.113. The zero-order chi connectivity index (χ0) is 22.8. The fourth-order valence-corrected chi connectivity index (χ4v) is 5.14. The number of amides is 2. The van der Waals surface area contributed by atoms with Gasteiger partial charge in [0, 0.05) is 22.7 Å². The molecule has 1 aliphatic heterocycles. The van der Waals surface area contributed by atoms with Crippen molar-refractivity contribution in [3.8, 4) is 11.5 Å². The number of carbonyl (C=O) groups excluding carboxylic acids is 2. The van der Waals surface area contributed by atoms with E-state index in [4.69, 9.17) is 13.9 Å². The Kier molecular flexibility index (Phi) is 6.09. The smallest absolute Gasteiger partial charge is 0.251 e. The first-order chi connectivity index (χ1) is 16.1. The summed E-state index contributed by atoms with van der Waals surface area (Å²) in [5, 5.41) is 5.10. The summed E-state index contributed by atoms with van der Waals surface area (Å²) in [6.07, 6.45) is 4.27. The Morgan fingerprint density at radius 2 is 1.94 bits per heavy atom. The van der Waals surface area contributed by atoms with Gasteiger partial charge in [0.1, 0.15) is 11.5 Å². The number of hydrogen-bond donors (Lipinski definition) is 1. The maximum Gasteiger partial charge on any atom is 0.251 e. The SMILES string of the molecule is Cc1ccc([C@@H](C(=O)NC2CCCC2)N(C(=O)Cc2cccs2)c2ccc3c(c2)OCO3)o1. The molecule has 5 rings (SSSR count). The Labute approximate surface area is 196 Å². The third-order valence-corrected chi connectivity index (χ3v) is 6.92. The van der Waals surface area contributed by atoms with Gasteiger partial charge in [-0.3, -0.25) is 14.5 Å². The van der Waals surface area contributed by atoms with Crippen LogP contribution in [-0.4, -0.2) is 24.6 Å². The van der Waals surface area contributed by atoms with Gasteiger partial charge in [-0.05, 0) is 55.5 Å². The fraction of sp³-hybridized carbons (Fsp3) is 0.360. The van der Waals surface area contributed by atoms with E-state index in [1.54, 1.807) is 24.3 Å². The molecule has 33 heavy (non-hydrogen) atoms. The largest absolute Gasteiger partial charge is 0.464 e. The summed E-state index contributed by atoms with van der Waals surface area (Å²) in [7, 11) is 0. The molecule has 7 nitrogen and oxygen atoms in total. The molecule has 1 saturated carbocycles. The van der Waals surface area contributed by atoms with Crippen molar-refractivity contribution < 1.29 is 23.5 Å². The highest BCUT2D eigenvalue weighted by molar-refractivity contribution is 7.10. The topological polar surface area (TPSA) is 81.0 Å². The Hall–Kier alpha value is -3.26. The van der Waals surface area contributed by atoms with Crippen LogP contribution in [0.5, 0.6) is 11.5 Å². The highest BCUT2D eigenvalue weighted by Crippen LogP contribution is 2.39. The molecular weight excluding hydrogens is 440 g/mol. The number of aryl methyl sites for hydroxylation is 1. The summed E-state index contributed by atoms with van der Waals surface area (Å²) in [6, 6.07) is 11.9. The lowest BCUT2D eigenvalue weighted by Crippen LogP contribution is -2.46. The first-order valence-electron chi connectivity index (χ1n) is 11.2. The summed E-state index contributed by atoms with van der Waals surface area (Å²) in [6.45, 7) is 1.96. The van der Waals surface area contributed by atoms with Gasteiger partial charge in [-0.1, -0.05) is 18.9 Å². The number of ether oxygens (including phenoxy) is 2. The lowest BCUT2D eigenvalue weighted by molar-refractivity contribution is -0.127. The van der Waals surface area contributed by atoms with Gasteiger partial charge in [-0.25, -0.2) is 0 Å². The molecule has 1 N–H and O–H groups in total. The van der Waals surface area contributed by atoms with Gasteiger partial charge in [-0.15, -0.1) is 11.3 Å². The third kappa shape index (κ3) is 4.61. The second-order valence-corrected chi connectivity index (χ2v) is 9.43. The predicted molar refractivity (Wildman–Crippen MR) is 125 cm³/mol. The zero-order valence-electron chi connectivity index (χ0n) is 18.4. The van der Waals surface area contributed by atoms with E-state index in [0.717, 1.165) is 30.6 Å². The first-order valence-corrected chi connectivity index (χ1v) is 12.1. The average molecular weight is 467 g/mol. The highest BCUT2D eigenvalue weighted by Gasteiger charge is 2.37. The summed E-state index contributed by atoms with van der Waals surface area (Å²) in [5.74, 6) is 1.84. The number of benzene rings is 1. The van der Waals surface area contributed by atoms with E-state index in [2.05, 4.69) is 5.32 Å². The third-order valence-electron chi connectivity index (χ3n) is 6.05. The number of rotatable bonds is 7. The van der Waals surface area contributed by atoms with Gasteiger partial charge in [0.05, 0.1) is 6.42 Å². The molecule has 3 heterocycles. The van der Waals surface area contributed by atoms with Crippen LogP contribution in [0.3, 0.4) is 0 Å². The molecular formula is C25H26N2O5S. The molecule has 2 amide bonds. The van der Waals surface area contributed by atoms with Gasteiger partial charge < -0.3 is 19.2 Å². The monoisotopic (exact) mass is 466 g/mol. The molecule has 0 spiro atoms. The van der Waals surface area contributed by atoms with E-state index in [-0.39, 0.29) is 31.1 Å². The van der Waals surface area contributed by atoms with Crippen LogP contribution in [0.2, 0.25) is 0 Å². The van der Waals surface area contributed by atoms with Crippen molar-refractivity contribution in [1.82, 2.24) is 5.32 Å². The number of nitrogens with one attached hydrogen (secondary N) is 1. The summed E-state index contributed by atoms with van der Waals surface area (Å²) >= 11 is 1.51. The van der Waals surface area contributed by atoms with E-state index in [0.29, 0.717) is 28.7 Å². The van der Waals surface area contributed by atoms with Crippen molar-refractivity contribution >= 4 is 28.8 Å². The van der Waals surface area contributed by atoms with Crippen LogP contribution < -0.4 is 19.7 Å². The van der Waals surface area contributed by atoms with Gasteiger partial charge >= 0.3 is 0 Å². The Balaban J connectivity index is 1.55. The number of anilines is 1. The molecule has 2 aromatic heterocycles. The highest BCUT2D eigenvalue weighted by atomic mass is 32.1. The number of carbonyl (C=O) groups is 2. The molecule has 0 bridgehead atoms. The van der Waals surface area contributed by atoms with Gasteiger partial charge in [0.15, 0.2) is 17.5 Å². The molecule has 1 aliphatic carbocycles. The molecule has 8 heteroatoms. The average Bonchev–Trinajstić information content (AvgIpc) is 3.59. The predicted octanol–water partition coefficient (Wildman–Crippen LogP) is 4.75. The summed E-state index contributed by atoms with van der Waals surface area (Å²) in [4.78, 5) is 29.8. The molecule has 0 saturated heterocycles. The maximum atomic E-state index is 13.7. The van der Waals surface area contributed by atoms with Crippen LogP contribution in [-0.2, 0) is 16.0 Å². The van der Waals surface area contributed by atoms with E-state index >= 15 is 0 Å². The van der Waals surface area contributed by atoms with Crippen molar-refractivity contribution in [3.63, 3.8) is 0 Å². The molecule has 0 unspecified atom stereocenters. The van der Waals surface area contributed by atoms with Crippen molar-refractivity contribution in [1.29, 1.82) is 0 Å². The van der Waals surface area contributed by atoms with Crippen molar-refractivity contribution in [2.45, 2.75) is 51.1 Å². The lowest BCUT2D eigenvalue weighted by Gasteiger charge is -2.31. The van der Waals surface area contributed by atoms with Gasteiger partial charge in [0.25, 0.3) is 5.91 Å². The molecule has 3 aromatic rings. The van der Waals surface area contributed by atoms with Crippen molar-refractivity contribution in [3.05, 3.63) is 64.2 Å². The van der Waals surface area contributed by atoms with E-state index in [9.17, 15) is 9.59 Å². The number of furan rings is 1. The zero-order valence-corrected chi connectivity index (χ0v) is 19.2. The normalized spacial score (nSPS) is 16.0. The Bertz CT molecular complexity index is 1130. The van der Waals surface area contributed by atoms with E-state index in [1.807, 2.05) is 30.5 Å². The Morgan fingerprint density at radius 1 is 1.12 bits per heavy atom. The maximum absolute atomic E-state index is 13.7. The fourth-order valence-electron chi connectivity index (χ4n) is 4.44. The first kappa shape index (κ1) is 21.6. The molecule has 2 aliphatic rings. The number of hydrogen-bond acceptors (Lipinski definition) is 6. The number of thiophene rings is 1. The van der Waals surface area contributed by atoms with Crippen molar-refractivity contribution in [2.24, 2.45) is 0 Å². The van der Waals surface area contributed by atoms with Crippen LogP contribution in [0.4, 0.5) is 5.69 Å². The van der Waals surface area contributed by atoms with Gasteiger partial charge in [-0.2, -0.15) is 0 Å². The number of fused-ring (bicyclic) bond motifs is 1. The van der Waals surface area contributed by atoms with Crippen LogP contribution in [0, 0.1) is 6.92 Å². The summed E-state index contributed by atoms with van der Waals surface area (Å²) < 4.78 is 16.9. The standard InChI is InChI=1S/C25H26N2O5S/c1-16-8-10-21(32-16)24(25(29)26-17-5-2-3-6-17)27(23(28)14-19-7-4-12-33-19)18-9-11-20-22(13-18)31-15-30-20/h4,7-13,17,24H,2-3,5-6,14-15H2,1H3,(H,26,29)/t24-/m0/s1. The number of nitrogens with zero attached hydrogens (tertiary/aromatic N) is 1. The second kappa shape index (κ2) is 9.31. The molecule has 1 fully saturated rings. The second-order valence-electron chi connectivity index (χ2n) is 8.40. The minimum atomic E-state index is -0.938. The molecule has 172 valence electrons. The minimum Gasteiger partial charge on any atom is -0.464 e. The lowest BCUT2D eigenvalue weighted by atomic mass is 10.1. The Morgan fingerprint density at radius 3 is 2.67 bits per heavy atom. The van der Waals surface area contributed by atoms with Crippen LogP contribution in [0.1, 0.15) is 48.1 Å². The van der Waals surface area contributed by atoms with Crippen LogP contribution >= 0.6 is 11.3 Å². The van der Waals surface area contributed by atoms with Gasteiger partial charge in [0.2, 0.25) is 12.7 Å². The quantitative estimate of drug-likeness (QED) is 0.543. The van der Waals surface area contributed by atoms with Crippen molar-refractivity contribution in [2.75, 3.05) is 11.7 Å². The summed E-state index contributed by atoms with van der Waals surface area (Å²) in [5.41, 5.74) is 0.557. The van der Waals surface area contributed by atoms with E-state index < -0.39 is 6.04 Å². The molecule has 1 atom stereocenters. The molecule has 1 aromatic carbocycles. The molecule has 0 radical (unpaired) electrons.